The summed E-state index contributed by atoms with van der Waals surface area (Å²) in [7, 11) is 0. The van der Waals surface area contributed by atoms with Gasteiger partial charge in [0.1, 0.15) is 0 Å². The minimum absolute atomic E-state index is 0.0861. The number of hydrogen-bond acceptors (Lipinski definition) is 6. The molecule has 3 aliphatic rings. The van der Waals surface area contributed by atoms with Gasteiger partial charge in [-0.3, -0.25) is 4.79 Å². The number of ketones is 1. The number of allylic oxidation sites excluding steroid dienone is 1. The number of rotatable bonds is 3. The Balaban J connectivity index is 1.41. The zero-order chi connectivity index (χ0) is 22.4. The monoisotopic (exact) mass is 456 g/mol. The largest absolute Gasteiger partial charge is 0.454 e. The molecule has 0 fully saturated rings. The van der Waals surface area contributed by atoms with Gasteiger partial charge in [-0.1, -0.05) is 30.3 Å². The van der Waals surface area contributed by atoms with Gasteiger partial charge in [0, 0.05) is 22.6 Å². The number of hydrogen-bond donors (Lipinski definition) is 2. The Morgan fingerprint density at radius 1 is 0.879 bits per heavy atom. The van der Waals surface area contributed by atoms with E-state index in [0.717, 1.165) is 51.7 Å². The Bertz CT molecular complexity index is 1270. The van der Waals surface area contributed by atoms with Gasteiger partial charge in [0.25, 0.3) is 0 Å². The van der Waals surface area contributed by atoms with Crippen LogP contribution in [0.5, 0.6) is 11.5 Å². The van der Waals surface area contributed by atoms with Crippen molar-refractivity contribution in [2.45, 2.75) is 29.7 Å². The van der Waals surface area contributed by atoms with E-state index in [-0.39, 0.29) is 24.5 Å². The number of fused-ring (bicyclic) bond motifs is 2. The molecule has 2 unspecified atom stereocenters. The molecule has 2 aliphatic heterocycles. The first kappa shape index (κ1) is 20.2. The van der Waals surface area contributed by atoms with Gasteiger partial charge >= 0.3 is 0 Å². The molecular formula is C27H24N2O3S. The van der Waals surface area contributed by atoms with Crippen LogP contribution in [0.2, 0.25) is 0 Å². The van der Waals surface area contributed by atoms with E-state index in [9.17, 15) is 4.79 Å². The molecule has 0 saturated carbocycles. The van der Waals surface area contributed by atoms with Crippen molar-refractivity contribution in [2.24, 2.45) is 0 Å². The molecule has 0 saturated heterocycles. The lowest BCUT2D eigenvalue weighted by Crippen LogP contribution is -2.26. The second kappa shape index (κ2) is 8.19. The summed E-state index contributed by atoms with van der Waals surface area (Å²) in [5.74, 6) is 1.78. The Hall–Kier alpha value is -3.38. The summed E-state index contributed by atoms with van der Waals surface area (Å²) in [4.78, 5) is 14.9. The highest BCUT2D eigenvalue weighted by molar-refractivity contribution is 7.98. The van der Waals surface area contributed by atoms with Crippen LogP contribution in [0.1, 0.15) is 35.9 Å². The van der Waals surface area contributed by atoms with E-state index < -0.39 is 0 Å². The van der Waals surface area contributed by atoms with Gasteiger partial charge in [-0.25, -0.2) is 0 Å². The molecule has 0 spiro atoms. The van der Waals surface area contributed by atoms with Crippen LogP contribution in [-0.4, -0.2) is 18.8 Å². The van der Waals surface area contributed by atoms with Crippen molar-refractivity contribution in [3.05, 3.63) is 89.1 Å². The first-order valence-electron chi connectivity index (χ1n) is 11.1. The van der Waals surface area contributed by atoms with E-state index in [1.165, 1.54) is 4.90 Å². The predicted octanol–water partition coefficient (Wildman–Crippen LogP) is 6.12. The van der Waals surface area contributed by atoms with E-state index in [4.69, 9.17) is 9.47 Å². The third-order valence-electron chi connectivity index (χ3n) is 6.63. The minimum Gasteiger partial charge on any atom is -0.454 e. The topological polar surface area (TPSA) is 59.6 Å². The summed E-state index contributed by atoms with van der Waals surface area (Å²) in [6, 6.07) is 22.5. The number of benzene rings is 3. The maximum atomic E-state index is 13.7. The van der Waals surface area contributed by atoms with Gasteiger partial charge in [0.05, 0.1) is 17.4 Å². The quantitative estimate of drug-likeness (QED) is 0.463. The summed E-state index contributed by atoms with van der Waals surface area (Å²) in [6.45, 7) is 0.249. The summed E-state index contributed by atoms with van der Waals surface area (Å²) >= 11 is 1.72. The molecule has 0 bridgehead atoms. The first-order chi connectivity index (χ1) is 16.2. The minimum atomic E-state index is -0.197. The average molecular weight is 457 g/mol. The molecule has 33 heavy (non-hydrogen) atoms. The van der Waals surface area contributed by atoms with E-state index >= 15 is 0 Å². The number of Topliss-reactive ketones (excluding diaryl/α,β-unsaturated/α-hetero) is 1. The standard InChI is InChI=1S/C27H24N2O3S/c1-33-19-9-6-16(7-10-19)27-26-22(28-20-4-2-3-5-21(20)29-27)12-18(13-23(26)30)17-8-11-24-25(14-17)32-15-31-24/h2-11,14,18,27-29H,12-13,15H2,1H3. The van der Waals surface area contributed by atoms with Crippen LogP contribution >= 0.6 is 11.8 Å². The van der Waals surface area contributed by atoms with Crippen LogP contribution in [0.15, 0.2) is 82.9 Å². The molecule has 0 aromatic heterocycles. The van der Waals surface area contributed by atoms with Gasteiger partial charge in [-0.15, -0.1) is 11.8 Å². The second-order valence-corrected chi connectivity index (χ2v) is 9.43. The predicted molar refractivity (Wildman–Crippen MR) is 131 cm³/mol. The van der Waals surface area contributed by atoms with Crippen LogP contribution in [0.3, 0.4) is 0 Å². The van der Waals surface area contributed by atoms with Crippen molar-refractivity contribution < 1.29 is 14.3 Å². The molecule has 166 valence electrons. The SMILES string of the molecule is CSc1ccc(C2Nc3ccccc3NC3=C2C(=O)CC(c2ccc4c(c2)OCO4)C3)cc1. The van der Waals surface area contributed by atoms with E-state index in [0.29, 0.717) is 6.42 Å². The van der Waals surface area contributed by atoms with E-state index in [1.807, 2.05) is 24.3 Å². The average Bonchev–Trinajstić information content (AvgIpc) is 3.25. The van der Waals surface area contributed by atoms with Gasteiger partial charge < -0.3 is 20.1 Å². The summed E-state index contributed by atoms with van der Waals surface area (Å²) in [5, 5.41) is 7.25. The lowest BCUT2D eigenvalue weighted by molar-refractivity contribution is -0.116. The second-order valence-electron chi connectivity index (χ2n) is 8.55. The number of ether oxygens (including phenoxy) is 2. The normalized spacial score (nSPS) is 20.9. The molecule has 2 atom stereocenters. The molecule has 3 aromatic rings. The number of thioether (sulfide) groups is 1. The van der Waals surface area contributed by atoms with Crippen LogP contribution in [0.4, 0.5) is 11.4 Å². The fourth-order valence-electron chi connectivity index (χ4n) is 4.94. The third kappa shape index (κ3) is 3.64. The lowest BCUT2D eigenvalue weighted by atomic mass is 9.78. The molecule has 0 radical (unpaired) electrons. The molecule has 5 nitrogen and oxygen atoms in total. The number of nitrogens with one attached hydrogen (secondary N) is 2. The molecular weight excluding hydrogens is 432 g/mol. The number of carbonyl (C=O) groups is 1. The number of carbonyl (C=O) groups excluding carboxylic acids is 1. The van der Waals surface area contributed by atoms with Gasteiger partial charge in [-0.2, -0.15) is 0 Å². The summed E-state index contributed by atoms with van der Waals surface area (Å²) in [6.07, 6.45) is 3.30. The fraction of sp³-hybridized carbons (Fsp3) is 0.222. The Labute approximate surface area is 197 Å². The highest BCUT2D eigenvalue weighted by Crippen LogP contribution is 2.45. The van der Waals surface area contributed by atoms with E-state index in [1.54, 1.807) is 11.8 Å². The van der Waals surface area contributed by atoms with Crippen molar-refractivity contribution in [1.29, 1.82) is 0 Å². The zero-order valence-electron chi connectivity index (χ0n) is 18.3. The molecule has 6 rings (SSSR count). The summed E-state index contributed by atoms with van der Waals surface area (Å²) < 4.78 is 11.0. The maximum absolute atomic E-state index is 13.7. The maximum Gasteiger partial charge on any atom is 0.231 e. The molecule has 6 heteroatoms. The van der Waals surface area contributed by atoms with Crippen molar-refractivity contribution in [2.75, 3.05) is 23.7 Å². The van der Waals surface area contributed by atoms with Crippen molar-refractivity contribution in [3.8, 4) is 11.5 Å². The highest BCUT2D eigenvalue weighted by Gasteiger charge is 2.36. The first-order valence-corrected chi connectivity index (χ1v) is 12.3. The smallest absolute Gasteiger partial charge is 0.231 e. The van der Waals surface area contributed by atoms with Crippen molar-refractivity contribution in [1.82, 2.24) is 0 Å². The molecule has 1 aliphatic carbocycles. The lowest BCUT2D eigenvalue weighted by Gasteiger charge is -2.30. The highest BCUT2D eigenvalue weighted by atomic mass is 32.2. The number of para-hydroxylation sites is 2. The Morgan fingerprint density at radius 3 is 2.45 bits per heavy atom. The van der Waals surface area contributed by atoms with Crippen LogP contribution < -0.4 is 20.1 Å². The molecule has 3 aromatic carbocycles. The summed E-state index contributed by atoms with van der Waals surface area (Å²) in [5.41, 5.74) is 6.01. The molecule has 2 N–H and O–H groups in total. The molecule has 0 amide bonds. The van der Waals surface area contributed by atoms with Gasteiger partial charge in [0.15, 0.2) is 17.3 Å². The number of anilines is 2. The van der Waals surface area contributed by atoms with Crippen LogP contribution in [0.25, 0.3) is 0 Å². The zero-order valence-corrected chi connectivity index (χ0v) is 19.1. The Morgan fingerprint density at radius 2 is 1.64 bits per heavy atom. The van der Waals surface area contributed by atoms with Crippen molar-refractivity contribution >= 4 is 28.9 Å². The van der Waals surface area contributed by atoms with Crippen LogP contribution in [0, 0.1) is 0 Å². The van der Waals surface area contributed by atoms with Gasteiger partial charge in [0.2, 0.25) is 6.79 Å². The molecule has 2 heterocycles. The van der Waals surface area contributed by atoms with Crippen molar-refractivity contribution in [3.63, 3.8) is 0 Å². The van der Waals surface area contributed by atoms with Crippen LogP contribution in [-0.2, 0) is 4.79 Å². The van der Waals surface area contributed by atoms with Gasteiger partial charge in [-0.05, 0) is 66.1 Å². The fourth-order valence-corrected chi connectivity index (χ4v) is 5.35. The van der Waals surface area contributed by atoms with E-state index in [2.05, 4.69) is 59.4 Å². The Kier molecular flexibility index (Phi) is 5.03. The third-order valence-corrected chi connectivity index (χ3v) is 7.37.